The molecule has 9 nitrogen and oxygen atoms in total. The van der Waals surface area contributed by atoms with Crippen LogP contribution in [0.5, 0.6) is 0 Å². The summed E-state index contributed by atoms with van der Waals surface area (Å²) < 4.78 is 19.7. The molecule has 0 atom stereocenters. The van der Waals surface area contributed by atoms with Gasteiger partial charge in [0.05, 0.1) is 16.7 Å². The second-order valence-corrected chi connectivity index (χ2v) is 31.3. The Morgan fingerprint density at radius 2 is 0.522 bits per heavy atom. The van der Waals surface area contributed by atoms with Crippen LogP contribution in [0, 0.1) is 0 Å². The predicted octanol–water partition coefficient (Wildman–Crippen LogP) is 18.5. The summed E-state index contributed by atoms with van der Waals surface area (Å²) in [6, 6.07) is 44.4. The maximum atomic E-state index is 14.6. The minimum Gasteiger partial charge on any atom is -0.422 e. The van der Waals surface area contributed by atoms with Crippen molar-refractivity contribution in [3.05, 3.63) is 192 Å². The first kappa shape index (κ1) is 56.8. The molecule has 0 aliphatic carbocycles. The van der Waals surface area contributed by atoms with Gasteiger partial charge in [0, 0.05) is 89.2 Å². The van der Waals surface area contributed by atoms with Gasteiger partial charge in [-0.15, -0.1) is 0 Å². The minimum absolute atomic E-state index is 0.0381. The SMILES string of the molecule is CC1(C)CCN2CCC(C)(C)c3c2c1cc1cc(-c2cccc(-c4cc(-c5cccc(-c6cc7cc8c9c(c7oc6=O)C(C)(C)CCN9CCC8(C)C)c5)cc(-c5cccc(-c6cc7cc8c9c(c7oc6=O)C(C)(C)CCN9CCC8(C)C)c5)c4)c2)c(=O)oc31. The lowest BCUT2D eigenvalue weighted by Gasteiger charge is -2.48. The summed E-state index contributed by atoms with van der Waals surface area (Å²) >= 11 is 0. The lowest BCUT2D eigenvalue weighted by atomic mass is 9.69. The first-order chi connectivity index (χ1) is 42.7. The highest BCUT2D eigenvalue weighted by atomic mass is 16.4. The second-order valence-electron chi connectivity index (χ2n) is 31.3. The Bertz CT molecular complexity index is 4460. The van der Waals surface area contributed by atoms with Crippen LogP contribution in [0.25, 0.3) is 99.7 Å². The van der Waals surface area contributed by atoms with Crippen molar-refractivity contribution >= 4 is 50.0 Å². The van der Waals surface area contributed by atoms with E-state index < -0.39 is 0 Å². The van der Waals surface area contributed by atoms with Gasteiger partial charge >= 0.3 is 16.9 Å². The quantitative estimate of drug-likeness (QED) is 0.151. The molecule has 6 aliphatic rings. The smallest absolute Gasteiger partial charge is 0.344 e. The highest BCUT2D eigenvalue weighted by Crippen LogP contribution is 2.56. The third kappa shape index (κ3) is 8.70. The molecule has 9 heteroatoms. The lowest BCUT2D eigenvalue weighted by molar-refractivity contribution is 0.398. The van der Waals surface area contributed by atoms with Crippen LogP contribution in [0.15, 0.2) is 155 Å². The average Bonchev–Trinajstić information content (AvgIpc) is 0.731. The van der Waals surface area contributed by atoms with Gasteiger partial charge in [-0.3, -0.25) is 0 Å². The summed E-state index contributed by atoms with van der Waals surface area (Å²) in [7, 11) is 0. The van der Waals surface area contributed by atoms with Gasteiger partial charge < -0.3 is 28.0 Å². The average molecular weight is 1190 g/mol. The van der Waals surface area contributed by atoms with Crippen molar-refractivity contribution in [2.75, 3.05) is 54.0 Å². The van der Waals surface area contributed by atoms with E-state index in [1.54, 1.807) is 0 Å². The molecule has 0 amide bonds. The molecule has 9 heterocycles. The van der Waals surface area contributed by atoms with Crippen LogP contribution in [0.3, 0.4) is 0 Å². The number of fused-ring (bicyclic) bond motifs is 6. The van der Waals surface area contributed by atoms with E-state index in [0.717, 1.165) is 161 Å². The Morgan fingerprint density at radius 1 is 0.289 bits per heavy atom. The van der Waals surface area contributed by atoms with E-state index in [-0.39, 0.29) is 49.4 Å². The van der Waals surface area contributed by atoms with E-state index >= 15 is 0 Å². The van der Waals surface area contributed by atoms with E-state index in [0.29, 0.717) is 33.4 Å². The summed E-state index contributed by atoms with van der Waals surface area (Å²) in [5, 5.41) is 2.83. The normalized spacial score (nSPS) is 19.4. The number of nitrogens with zero attached hydrogens (tertiary/aromatic N) is 3. The molecule has 0 saturated heterocycles. The van der Waals surface area contributed by atoms with E-state index in [2.05, 4.69) is 189 Å². The Balaban J connectivity index is 0.849. The van der Waals surface area contributed by atoms with E-state index in [1.807, 2.05) is 36.4 Å². The maximum absolute atomic E-state index is 14.6. The molecule has 16 rings (SSSR count). The van der Waals surface area contributed by atoms with Gasteiger partial charge in [0.2, 0.25) is 0 Å². The summed E-state index contributed by atoms with van der Waals surface area (Å²) in [5.41, 5.74) is 20.9. The van der Waals surface area contributed by atoms with Crippen molar-refractivity contribution in [1.82, 2.24) is 0 Å². The zero-order chi connectivity index (χ0) is 62.5. The fraction of sp³-hybridized carbons (Fsp3) is 0.370. The van der Waals surface area contributed by atoms with E-state index in [9.17, 15) is 14.4 Å². The van der Waals surface area contributed by atoms with Gasteiger partial charge in [0.25, 0.3) is 0 Å². The number of hydrogen-bond donors (Lipinski definition) is 0. The van der Waals surface area contributed by atoms with Crippen LogP contribution < -0.4 is 31.6 Å². The molecule has 0 N–H and O–H groups in total. The summed E-state index contributed by atoms with van der Waals surface area (Å²) in [6.45, 7) is 33.7. The highest BCUT2D eigenvalue weighted by Gasteiger charge is 2.45. The van der Waals surface area contributed by atoms with Crippen molar-refractivity contribution in [2.45, 2.75) is 154 Å². The van der Waals surface area contributed by atoms with Crippen LogP contribution in [0.2, 0.25) is 0 Å². The number of hydrogen-bond acceptors (Lipinski definition) is 9. The largest absolute Gasteiger partial charge is 0.422 e. The summed E-state index contributed by atoms with van der Waals surface area (Å²) in [4.78, 5) is 51.4. The Labute approximate surface area is 527 Å². The highest BCUT2D eigenvalue weighted by molar-refractivity contribution is 5.96. The minimum atomic E-state index is -0.360. The Morgan fingerprint density at radius 3 is 0.789 bits per heavy atom. The number of benzene rings is 7. The molecule has 0 bridgehead atoms. The van der Waals surface area contributed by atoms with Crippen LogP contribution >= 0.6 is 0 Å². The topological polar surface area (TPSA) is 100 Å². The second kappa shape index (κ2) is 19.3. The maximum Gasteiger partial charge on any atom is 0.344 e. The summed E-state index contributed by atoms with van der Waals surface area (Å²) in [5.74, 6) is 0. The number of anilines is 3. The third-order valence-corrected chi connectivity index (χ3v) is 22.6. The fourth-order valence-corrected chi connectivity index (χ4v) is 16.8. The molecule has 10 aromatic rings. The van der Waals surface area contributed by atoms with Crippen molar-refractivity contribution in [2.24, 2.45) is 0 Å². The lowest BCUT2D eigenvalue weighted by Crippen LogP contribution is -2.44. The van der Waals surface area contributed by atoms with Crippen molar-refractivity contribution in [1.29, 1.82) is 0 Å². The van der Waals surface area contributed by atoms with Crippen molar-refractivity contribution in [3.63, 3.8) is 0 Å². The van der Waals surface area contributed by atoms with Gasteiger partial charge in [-0.1, -0.05) is 138 Å². The molecule has 0 unspecified atom stereocenters. The van der Waals surface area contributed by atoms with Crippen LogP contribution in [0.4, 0.5) is 17.1 Å². The molecule has 6 aliphatic heterocycles. The van der Waals surface area contributed by atoms with Gasteiger partial charge in [0.15, 0.2) is 0 Å². The monoisotopic (exact) mass is 1190 g/mol. The molecule has 0 fully saturated rings. The first-order valence-electron chi connectivity index (χ1n) is 32.9. The van der Waals surface area contributed by atoms with Gasteiger partial charge in [-0.2, -0.15) is 0 Å². The first-order valence-corrected chi connectivity index (χ1v) is 32.9. The van der Waals surface area contributed by atoms with Crippen LogP contribution in [-0.2, 0) is 32.5 Å². The van der Waals surface area contributed by atoms with E-state index in [1.165, 1.54) is 33.8 Å². The zero-order valence-corrected chi connectivity index (χ0v) is 54.4. The van der Waals surface area contributed by atoms with Crippen molar-refractivity contribution in [3.8, 4) is 66.8 Å². The molecule has 0 spiro atoms. The molecule has 456 valence electrons. The molecule has 0 saturated carbocycles. The van der Waals surface area contributed by atoms with Crippen molar-refractivity contribution < 1.29 is 13.3 Å². The van der Waals surface area contributed by atoms with Gasteiger partial charge in [-0.05, 0) is 211 Å². The van der Waals surface area contributed by atoms with E-state index in [4.69, 9.17) is 13.3 Å². The third-order valence-electron chi connectivity index (χ3n) is 22.6. The summed E-state index contributed by atoms with van der Waals surface area (Å²) in [6.07, 6.45) is 6.12. The molecular weight excluding hydrogens is 1110 g/mol. The molecule has 7 aromatic carbocycles. The zero-order valence-electron chi connectivity index (χ0n) is 54.4. The molecular formula is C81H81N3O6. The molecule has 90 heavy (non-hydrogen) atoms. The molecule has 3 aromatic heterocycles. The van der Waals surface area contributed by atoms with Crippen LogP contribution in [0.1, 0.15) is 155 Å². The standard InChI is InChI=1S/C81H81N3O6/c1-76(2)22-28-82-31-25-79(7,8)64-67(82)61(76)43-55-40-58(73(85)88-70(55)64)49-19-13-16-46(34-49)52-37-53(47-17-14-20-50(35-47)59-41-56-44-62-68-65(71(56)89-74(59)86)80(9,10)26-32-83(68)29-23-77(62,3)4)39-54(38-52)48-18-15-21-51(36-48)60-42-57-45-63-69-66(72(57)90-75(60)87)81(11,12)27-33-84(69)30-24-78(63,5)6/h13-21,34-45H,22-33H2,1-12H3. The predicted molar refractivity (Wildman–Crippen MR) is 370 cm³/mol. The van der Waals surface area contributed by atoms with Gasteiger partial charge in [0.1, 0.15) is 16.7 Å². The Kier molecular flexibility index (Phi) is 12.2. The number of rotatable bonds is 6. The molecule has 0 radical (unpaired) electrons. The van der Waals surface area contributed by atoms with Gasteiger partial charge in [-0.25, -0.2) is 14.4 Å². The fourth-order valence-electron chi connectivity index (χ4n) is 16.8. The van der Waals surface area contributed by atoms with Crippen LogP contribution in [-0.4, -0.2) is 39.3 Å². The Hall–Kier alpha value is -8.43.